The van der Waals surface area contributed by atoms with Crippen molar-refractivity contribution in [3.05, 3.63) is 12.2 Å². The van der Waals surface area contributed by atoms with Gasteiger partial charge in [0.15, 0.2) is 0 Å². The molecule has 0 atom stereocenters. The Morgan fingerprint density at radius 2 is 1.00 bits per heavy atom. The molecule has 1 saturated heterocycles. The van der Waals surface area contributed by atoms with Gasteiger partial charge in [-0.3, -0.25) is 24.1 Å². The molecule has 4 amide bonds. The summed E-state index contributed by atoms with van der Waals surface area (Å²) in [5.74, 6) is -0.189. The number of hydrogen-bond donors (Lipinski definition) is 1. The summed E-state index contributed by atoms with van der Waals surface area (Å²) in [5, 5.41) is 2.68. The van der Waals surface area contributed by atoms with Crippen molar-refractivity contribution in [2.45, 2.75) is 46.5 Å². The summed E-state index contributed by atoms with van der Waals surface area (Å²) in [5.41, 5.74) is 0.307. The van der Waals surface area contributed by atoms with Crippen LogP contribution in [0.5, 0.6) is 0 Å². The molecule has 0 bridgehead atoms. The maximum Gasteiger partial charge on any atom is 0.253 e. The van der Waals surface area contributed by atoms with Crippen LogP contribution in [-0.4, -0.2) is 165 Å². The van der Waals surface area contributed by atoms with Crippen LogP contribution in [-0.2, 0) is 57.1 Å². The molecule has 15 nitrogen and oxygen atoms in total. The second-order valence-corrected chi connectivity index (χ2v) is 12.9. The number of likely N-dealkylation sites (tertiary alicyclic amines) is 1. The molecule has 0 spiro atoms. The van der Waals surface area contributed by atoms with E-state index in [9.17, 15) is 19.2 Å². The molecule has 0 unspecified atom stereocenters. The van der Waals surface area contributed by atoms with Crippen LogP contribution in [0.15, 0.2) is 12.2 Å². The van der Waals surface area contributed by atoms with Gasteiger partial charge in [0.1, 0.15) is 0 Å². The molecule has 2 rings (SSSR count). The molecular formula is C35H61N3O12. The van der Waals surface area contributed by atoms with Gasteiger partial charge in [0, 0.05) is 44.8 Å². The Balaban J connectivity index is 1.19. The van der Waals surface area contributed by atoms with E-state index in [4.69, 9.17) is 37.9 Å². The lowest BCUT2D eigenvalue weighted by molar-refractivity contribution is -0.137. The van der Waals surface area contributed by atoms with Crippen LogP contribution in [0.1, 0.15) is 46.5 Å². The molecule has 2 aliphatic rings. The topological polar surface area (TPSA) is 161 Å². The maximum absolute atomic E-state index is 12.4. The third-order valence-corrected chi connectivity index (χ3v) is 8.17. The SMILES string of the molecule is CC(C)(C)C1CCN(C(=O)CCOCCOCCOCCOCCOCCOCCOCCOCCNC(=O)CCN2C(=O)C=CC2=O)CC1. The molecular weight excluding hydrogens is 654 g/mol. The first-order valence-electron chi connectivity index (χ1n) is 17.9. The number of nitrogens with zero attached hydrogens (tertiary/aromatic N) is 2. The maximum atomic E-state index is 12.4. The van der Waals surface area contributed by atoms with Crippen LogP contribution in [0.25, 0.3) is 0 Å². The highest BCUT2D eigenvalue weighted by molar-refractivity contribution is 6.13. The quantitative estimate of drug-likeness (QED) is 0.0839. The summed E-state index contributed by atoms with van der Waals surface area (Å²) < 4.78 is 43.8. The highest BCUT2D eigenvalue weighted by Crippen LogP contribution is 2.34. The molecule has 0 aliphatic carbocycles. The molecule has 1 N–H and O–H groups in total. The average molecular weight is 716 g/mol. The van der Waals surface area contributed by atoms with Gasteiger partial charge in [-0.2, -0.15) is 0 Å². The molecule has 0 aromatic heterocycles. The van der Waals surface area contributed by atoms with Crippen LogP contribution in [0.3, 0.4) is 0 Å². The third kappa shape index (κ3) is 21.0. The van der Waals surface area contributed by atoms with E-state index in [-0.39, 0.29) is 24.8 Å². The summed E-state index contributed by atoms with van der Waals surface area (Å²) in [6.07, 6.45) is 5.01. The fourth-order valence-corrected chi connectivity index (χ4v) is 5.17. The molecule has 2 aliphatic heterocycles. The van der Waals surface area contributed by atoms with Crippen molar-refractivity contribution in [3.8, 4) is 0 Å². The van der Waals surface area contributed by atoms with Gasteiger partial charge in [-0.25, -0.2) is 0 Å². The first-order chi connectivity index (χ1) is 24.2. The van der Waals surface area contributed by atoms with E-state index in [1.165, 1.54) is 12.2 Å². The summed E-state index contributed by atoms with van der Waals surface area (Å²) >= 11 is 0. The van der Waals surface area contributed by atoms with E-state index in [1.807, 2.05) is 4.90 Å². The zero-order valence-corrected chi connectivity index (χ0v) is 30.5. The molecule has 0 aromatic carbocycles. The van der Waals surface area contributed by atoms with E-state index >= 15 is 0 Å². The number of nitrogens with one attached hydrogen (secondary N) is 1. The van der Waals surface area contributed by atoms with Crippen molar-refractivity contribution in [2.75, 3.05) is 132 Å². The van der Waals surface area contributed by atoms with Crippen LogP contribution < -0.4 is 5.32 Å². The summed E-state index contributed by atoms with van der Waals surface area (Å²) in [4.78, 5) is 50.1. The number of rotatable bonds is 30. The van der Waals surface area contributed by atoms with Crippen LogP contribution >= 0.6 is 0 Å². The minimum absolute atomic E-state index is 0.0525. The molecule has 0 saturated carbocycles. The van der Waals surface area contributed by atoms with Crippen LogP contribution in [0.4, 0.5) is 0 Å². The number of imide groups is 1. The van der Waals surface area contributed by atoms with Gasteiger partial charge >= 0.3 is 0 Å². The predicted molar refractivity (Wildman–Crippen MR) is 183 cm³/mol. The zero-order chi connectivity index (χ0) is 36.3. The lowest BCUT2D eigenvalue weighted by atomic mass is 9.75. The number of carbonyl (C=O) groups excluding carboxylic acids is 4. The molecule has 1 fully saturated rings. The number of carbonyl (C=O) groups is 4. The van der Waals surface area contributed by atoms with Gasteiger partial charge in [-0.15, -0.1) is 0 Å². The van der Waals surface area contributed by atoms with Gasteiger partial charge in [0.25, 0.3) is 11.8 Å². The average Bonchev–Trinajstić information content (AvgIpc) is 3.42. The third-order valence-electron chi connectivity index (χ3n) is 8.17. The van der Waals surface area contributed by atoms with E-state index in [0.717, 1.165) is 30.8 Å². The van der Waals surface area contributed by atoms with Gasteiger partial charge in [0.2, 0.25) is 11.8 Å². The monoisotopic (exact) mass is 715 g/mol. The molecule has 50 heavy (non-hydrogen) atoms. The fourth-order valence-electron chi connectivity index (χ4n) is 5.17. The first-order valence-corrected chi connectivity index (χ1v) is 17.9. The minimum Gasteiger partial charge on any atom is -0.379 e. The van der Waals surface area contributed by atoms with E-state index in [0.29, 0.717) is 130 Å². The molecule has 15 heteroatoms. The predicted octanol–water partition coefficient (Wildman–Crippen LogP) is 1.23. The summed E-state index contributed by atoms with van der Waals surface area (Å²) in [6, 6.07) is 0. The zero-order valence-electron chi connectivity index (χ0n) is 30.5. The van der Waals surface area contributed by atoms with Crippen LogP contribution in [0.2, 0.25) is 0 Å². The molecule has 0 aromatic rings. The fraction of sp³-hybridized carbons (Fsp3) is 0.829. The standard InChI is InChI=1S/C35H61N3O12/c1-35(2,3)30-6-11-37(12-7-30)32(40)9-14-43-16-18-45-20-22-47-24-26-49-28-29-50-27-25-48-23-21-46-19-17-44-15-10-36-31(39)8-13-38-33(41)4-5-34(38)42/h4-5,30H,6-29H2,1-3H3,(H,36,39). The van der Waals surface area contributed by atoms with E-state index < -0.39 is 11.8 Å². The van der Waals surface area contributed by atoms with E-state index in [1.54, 1.807) is 0 Å². The van der Waals surface area contributed by atoms with Crippen molar-refractivity contribution in [1.29, 1.82) is 0 Å². The normalized spacial score (nSPS) is 15.4. The Bertz CT molecular complexity index is 964. The van der Waals surface area contributed by atoms with Crippen molar-refractivity contribution in [3.63, 3.8) is 0 Å². The van der Waals surface area contributed by atoms with Gasteiger partial charge in [0.05, 0.1) is 112 Å². The number of amides is 4. The molecule has 0 radical (unpaired) electrons. The second-order valence-electron chi connectivity index (χ2n) is 12.9. The highest BCUT2D eigenvalue weighted by atomic mass is 16.6. The Morgan fingerprint density at radius 1 is 0.620 bits per heavy atom. The highest BCUT2D eigenvalue weighted by Gasteiger charge is 2.30. The van der Waals surface area contributed by atoms with Crippen molar-refractivity contribution < 1.29 is 57.1 Å². The first kappa shape index (κ1) is 43.7. The Hall–Kier alpha value is -2.50. The number of piperidine rings is 1. The van der Waals surface area contributed by atoms with Crippen LogP contribution in [0, 0.1) is 11.3 Å². The van der Waals surface area contributed by atoms with Crippen molar-refractivity contribution in [1.82, 2.24) is 15.1 Å². The lowest BCUT2D eigenvalue weighted by Crippen LogP contribution is -2.41. The lowest BCUT2D eigenvalue weighted by Gasteiger charge is -2.38. The second kappa shape index (κ2) is 27.2. The molecule has 288 valence electrons. The smallest absolute Gasteiger partial charge is 0.253 e. The van der Waals surface area contributed by atoms with Gasteiger partial charge in [-0.05, 0) is 24.2 Å². The minimum atomic E-state index is -0.397. The largest absolute Gasteiger partial charge is 0.379 e. The number of hydrogen-bond acceptors (Lipinski definition) is 12. The summed E-state index contributed by atoms with van der Waals surface area (Å²) in [7, 11) is 0. The van der Waals surface area contributed by atoms with Gasteiger partial charge < -0.3 is 48.1 Å². The summed E-state index contributed by atoms with van der Waals surface area (Å²) in [6.45, 7) is 16.0. The Morgan fingerprint density at radius 3 is 1.40 bits per heavy atom. The van der Waals surface area contributed by atoms with E-state index in [2.05, 4.69) is 26.1 Å². The Kier molecular flexibility index (Phi) is 23.7. The Labute approximate surface area is 297 Å². The van der Waals surface area contributed by atoms with Crippen molar-refractivity contribution in [2.24, 2.45) is 11.3 Å². The molecule has 2 heterocycles. The van der Waals surface area contributed by atoms with Gasteiger partial charge in [-0.1, -0.05) is 20.8 Å². The number of ether oxygens (including phenoxy) is 8. The van der Waals surface area contributed by atoms with Crippen molar-refractivity contribution >= 4 is 23.6 Å².